The summed E-state index contributed by atoms with van der Waals surface area (Å²) < 4.78 is 0. The zero-order valence-corrected chi connectivity index (χ0v) is 17.9. The number of fused-ring (bicyclic) bond motifs is 1. The minimum Gasteiger partial charge on any atom is -0.480 e. The smallest absolute Gasteiger partial charge is 0.317 e. The highest BCUT2D eigenvalue weighted by Crippen LogP contribution is 2.42. The van der Waals surface area contributed by atoms with Gasteiger partial charge >= 0.3 is 5.97 Å². The van der Waals surface area contributed by atoms with E-state index in [0.717, 1.165) is 36.9 Å². The van der Waals surface area contributed by atoms with E-state index in [1.165, 1.54) is 29.6 Å². The van der Waals surface area contributed by atoms with Crippen LogP contribution in [-0.4, -0.2) is 53.3 Å². The molecule has 4 rings (SSSR count). The van der Waals surface area contributed by atoms with Gasteiger partial charge in [0.2, 0.25) is 0 Å². The molecule has 0 radical (unpaired) electrons. The first-order valence-corrected chi connectivity index (χ1v) is 10.8. The number of aliphatic imine (C=N–C) groups is 2. The first kappa shape index (κ1) is 20.1. The van der Waals surface area contributed by atoms with Gasteiger partial charge < -0.3 is 10.4 Å². The van der Waals surface area contributed by atoms with Crippen molar-refractivity contribution < 1.29 is 9.90 Å². The number of rotatable bonds is 5. The number of likely N-dealkylation sites (tertiary alicyclic amines) is 1. The Labute approximate surface area is 173 Å². The molecule has 0 bridgehead atoms. The zero-order chi connectivity index (χ0) is 20.7. The van der Waals surface area contributed by atoms with Crippen LogP contribution in [0.15, 0.2) is 44.6 Å². The fourth-order valence-electron chi connectivity index (χ4n) is 5.22. The lowest BCUT2D eigenvalue weighted by molar-refractivity contribution is -0.138. The molecular weight excluding hydrogens is 364 g/mol. The Morgan fingerprint density at radius 3 is 2.86 bits per heavy atom. The highest BCUT2D eigenvalue weighted by Gasteiger charge is 2.40. The number of aliphatic carboxylic acids is 1. The molecule has 0 saturated carbocycles. The maximum atomic E-state index is 11.1. The average molecular weight is 397 g/mol. The molecule has 6 nitrogen and oxygen atoms in total. The maximum Gasteiger partial charge on any atom is 0.317 e. The summed E-state index contributed by atoms with van der Waals surface area (Å²) >= 11 is 0. The van der Waals surface area contributed by atoms with Crippen molar-refractivity contribution in [2.45, 2.75) is 53.0 Å². The van der Waals surface area contributed by atoms with Crippen molar-refractivity contribution in [2.75, 3.05) is 19.6 Å². The minimum absolute atomic E-state index is 0.0856. The van der Waals surface area contributed by atoms with Crippen molar-refractivity contribution in [2.24, 2.45) is 27.7 Å². The van der Waals surface area contributed by atoms with Crippen molar-refractivity contribution in [1.82, 2.24) is 10.2 Å². The molecular formula is C23H32N4O2. The van der Waals surface area contributed by atoms with E-state index in [1.54, 1.807) is 0 Å². The van der Waals surface area contributed by atoms with Gasteiger partial charge in [0.25, 0.3) is 0 Å². The summed E-state index contributed by atoms with van der Waals surface area (Å²) in [6.45, 7) is 10.3. The third-order valence-electron chi connectivity index (χ3n) is 6.70. The van der Waals surface area contributed by atoms with Gasteiger partial charge in [0, 0.05) is 6.54 Å². The SMILES string of the molecule is CC1=C[C@H](C(C)N=C2NC(C)=NC3=C(C)C=C(C4CCN(CC(=O)O)C4)C23)CC1. The molecule has 2 heterocycles. The second kappa shape index (κ2) is 7.90. The lowest BCUT2D eigenvalue weighted by Gasteiger charge is -2.29. The van der Waals surface area contributed by atoms with Gasteiger partial charge in [-0.1, -0.05) is 17.7 Å². The third-order valence-corrected chi connectivity index (χ3v) is 6.70. The largest absolute Gasteiger partial charge is 0.480 e. The van der Waals surface area contributed by atoms with E-state index < -0.39 is 5.97 Å². The number of carbonyl (C=O) groups is 1. The molecule has 6 heteroatoms. The van der Waals surface area contributed by atoms with Crippen LogP contribution >= 0.6 is 0 Å². The summed E-state index contributed by atoms with van der Waals surface area (Å²) in [4.78, 5) is 23.1. The number of allylic oxidation sites excluding steroid dienone is 3. The number of amidine groups is 2. The van der Waals surface area contributed by atoms with Gasteiger partial charge in [0.15, 0.2) is 0 Å². The topological polar surface area (TPSA) is 77.3 Å². The van der Waals surface area contributed by atoms with E-state index >= 15 is 0 Å². The lowest BCUT2D eigenvalue weighted by Crippen LogP contribution is -2.41. The fraction of sp³-hybridized carbons (Fsp3) is 0.609. The molecule has 2 aliphatic heterocycles. The molecule has 0 spiro atoms. The first-order valence-electron chi connectivity index (χ1n) is 10.8. The normalized spacial score (nSPS) is 32.1. The van der Waals surface area contributed by atoms with Gasteiger partial charge in [-0.3, -0.25) is 14.7 Å². The van der Waals surface area contributed by atoms with E-state index in [1.807, 2.05) is 11.8 Å². The predicted molar refractivity (Wildman–Crippen MR) is 116 cm³/mol. The lowest BCUT2D eigenvalue weighted by atomic mass is 9.86. The quantitative estimate of drug-likeness (QED) is 0.699. The second-order valence-corrected chi connectivity index (χ2v) is 9.05. The van der Waals surface area contributed by atoms with Crippen LogP contribution in [0.25, 0.3) is 0 Å². The molecule has 156 valence electrons. The Bertz CT molecular complexity index is 864. The molecule has 4 aliphatic rings. The number of nitrogens with zero attached hydrogens (tertiary/aromatic N) is 3. The minimum atomic E-state index is -0.753. The summed E-state index contributed by atoms with van der Waals surface area (Å²) in [5.74, 6) is 2.10. The van der Waals surface area contributed by atoms with E-state index in [2.05, 4.69) is 38.2 Å². The fourth-order valence-corrected chi connectivity index (χ4v) is 5.22. The Morgan fingerprint density at radius 1 is 1.38 bits per heavy atom. The number of carboxylic acids is 1. The van der Waals surface area contributed by atoms with Gasteiger partial charge in [0.05, 0.1) is 24.2 Å². The molecule has 0 aromatic heterocycles. The highest BCUT2D eigenvalue weighted by atomic mass is 16.4. The maximum absolute atomic E-state index is 11.1. The van der Waals surface area contributed by atoms with E-state index in [9.17, 15) is 4.79 Å². The van der Waals surface area contributed by atoms with E-state index in [4.69, 9.17) is 15.1 Å². The van der Waals surface area contributed by atoms with Crippen LogP contribution in [0.3, 0.4) is 0 Å². The van der Waals surface area contributed by atoms with Gasteiger partial charge in [-0.15, -0.1) is 0 Å². The number of hydrogen-bond donors (Lipinski definition) is 2. The summed E-state index contributed by atoms with van der Waals surface area (Å²) in [6, 6.07) is 0.233. The third kappa shape index (κ3) is 4.08. The van der Waals surface area contributed by atoms with Gasteiger partial charge in [-0.2, -0.15) is 0 Å². The van der Waals surface area contributed by atoms with Crippen LogP contribution in [-0.2, 0) is 4.79 Å². The monoisotopic (exact) mass is 396 g/mol. The molecule has 4 atom stereocenters. The molecule has 0 aromatic rings. The van der Waals surface area contributed by atoms with E-state index in [0.29, 0.717) is 11.8 Å². The van der Waals surface area contributed by atoms with Crippen LogP contribution < -0.4 is 5.32 Å². The molecule has 2 N–H and O–H groups in total. The van der Waals surface area contributed by atoms with Gasteiger partial charge in [-0.25, -0.2) is 4.99 Å². The molecule has 1 saturated heterocycles. The van der Waals surface area contributed by atoms with Crippen LogP contribution in [0, 0.1) is 17.8 Å². The predicted octanol–water partition coefficient (Wildman–Crippen LogP) is 3.39. The van der Waals surface area contributed by atoms with Crippen LogP contribution in [0.2, 0.25) is 0 Å². The Hall–Kier alpha value is -2.21. The van der Waals surface area contributed by atoms with Crippen molar-refractivity contribution in [3.63, 3.8) is 0 Å². The van der Waals surface area contributed by atoms with Crippen LogP contribution in [0.1, 0.15) is 47.0 Å². The first-order chi connectivity index (χ1) is 13.8. The van der Waals surface area contributed by atoms with E-state index in [-0.39, 0.29) is 18.5 Å². The van der Waals surface area contributed by atoms with Crippen LogP contribution in [0.4, 0.5) is 0 Å². The van der Waals surface area contributed by atoms with Crippen LogP contribution in [0.5, 0.6) is 0 Å². The second-order valence-electron chi connectivity index (χ2n) is 9.05. The summed E-state index contributed by atoms with van der Waals surface area (Å²) in [7, 11) is 0. The standard InChI is InChI=1S/C23H32N4O2/c1-13-5-6-17(9-13)15(3)24-23-21-19(10-14(2)22(21)25-16(4)26-23)18-7-8-27(11-18)12-20(28)29/h9-10,15,17-18,21H,5-8,11-12H2,1-4H3,(H,28,29)(H,24,25,26)/t15?,17-,18?,21?/m1/s1. The summed E-state index contributed by atoms with van der Waals surface area (Å²) in [5, 5.41) is 12.6. The highest BCUT2D eigenvalue weighted by molar-refractivity contribution is 6.06. The Kier molecular flexibility index (Phi) is 5.47. The molecule has 0 amide bonds. The molecule has 3 unspecified atom stereocenters. The number of hydrogen-bond acceptors (Lipinski definition) is 4. The molecule has 2 aliphatic carbocycles. The molecule has 1 fully saturated rings. The van der Waals surface area contributed by atoms with Crippen molar-refractivity contribution in [1.29, 1.82) is 0 Å². The number of carboxylic acid groups (broad SMARTS) is 1. The summed E-state index contributed by atoms with van der Waals surface area (Å²) in [6.07, 6.45) is 8.00. The number of nitrogens with one attached hydrogen (secondary N) is 1. The molecule has 29 heavy (non-hydrogen) atoms. The van der Waals surface area contributed by atoms with Crippen molar-refractivity contribution >= 4 is 17.6 Å². The van der Waals surface area contributed by atoms with Gasteiger partial charge in [-0.05, 0) is 76.5 Å². The van der Waals surface area contributed by atoms with Crippen molar-refractivity contribution in [3.05, 3.63) is 34.6 Å². The van der Waals surface area contributed by atoms with Crippen molar-refractivity contribution in [3.8, 4) is 0 Å². The summed E-state index contributed by atoms with van der Waals surface area (Å²) in [5.41, 5.74) is 5.13. The Morgan fingerprint density at radius 2 is 2.17 bits per heavy atom. The van der Waals surface area contributed by atoms with Gasteiger partial charge in [0.1, 0.15) is 11.7 Å². The zero-order valence-electron chi connectivity index (χ0n) is 17.9. The molecule has 0 aromatic carbocycles. The average Bonchev–Trinajstić information content (AvgIpc) is 3.34. The Balaban J connectivity index is 1.59.